The number of carbonyl (C=O) groups excluding carboxylic acids is 2. The molecule has 1 aromatic heterocycles. The number of hydrogen-bond acceptors (Lipinski definition) is 4. The van der Waals surface area contributed by atoms with Crippen molar-refractivity contribution >= 4 is 33.8 Å². The van der Waals surface area contributed by atoms with Gasteiger partial charge in [-0.25, -0.2) is 0 Å². The van der Waals surface area contributed by atoms with Crippen LogP contribution in [0.1, 0.15) is 70.2 Å². The molecule has 5 nitrogen and oxygen atoms in total. The van der Waals surface area contributed by atoms with Crippen molar-refractivity contribution in [3.8, 4) is 5.75 Å². The van der Waals surface area contributed by atoms with Gasteiger partial charge in [-0.2, -0.15) is 0 Å². The van der Waals surface area contributed by atoms with Gasteiger partial charge in [0.25, 0.3) is 11.8 Å². The van der Waals surface area contributed by atoms with E-state index < -0.39 is 0 Å². The minimum Gasteiger partial charge on any atom is -0.494 e. The van der Waals surface area contributed by atoms with Crippen molar-refractivity contribution in [2.75, 3.05) is 17.2 Å². The summed E-state index contributed by atoms with van der Waals surface area (Å²) in [5.41, 5.74) is 2.95. The van der Waals surface area contributed by atoms with Crippen LogP contribution in [0.4, 0.5) is 10.7 Å². The molecule has 4 rings (SSSR count). The number of unbranched alkanes of at least 4 members (excludes halogenated alkanes) is 2. The van der Waals surface area contributed by atoms with E-state index in [4.69, 9.17) is 4.74 Å². The van der Waals surface area contributed by atoms with Gasteiger partial charge in [0.1, 0.15) is 10.8 Å². The smallest absolute Gasteiger partial charge is 0.258 e. The zero-order chi connectivity index (χ0) is 23.0. The molecule has 0 bridgehead atoms. The van der Waals surface area contributed by atoms with E-state index in [1.165, 1.54) is 16.2 Å². The van der Waals surface area contributed by atoms with Crippen LogP contribution >= 0.6 is 11.3 Å². The van der Waals surface area contributed by atoms with Gasteiger partial charge in [0.15, 0.2) is 0 Å². The molecule has 0 unspecified atom stereocenters. The van der Waals surface area contributed by atoms with E-state index in [-0.39, 0.29) is 11.8 Å². The first-order valence-electron chi connectivity index (χ1n) is 11.7. The zero-order valence-electron chi connectivity index (χ0n) is 19.0. The molecule has 33 heavy (non-hydrogen) atoms. The maximum atomic E-state index is 13.2. The Labute approximate surface area is 199 Å². The Morgan fingerprint density at radius 2 is 1.67 bits per heavy atom. The highest BCUT2D eigenvalue weighted by Crippen LogP contribution is 2.38. The fourth-order valence-electron chi connectivity index (χ4n) is 4.03. The van der Waals surface area contributed by atoms with Crippen LogP contribution in [-0.2, 0) is 12.8 Å². The van der Waals surface area contributed by atoms with Gasteiger partial charge in [-0.05, 0) is 74.1 Å². The first kappa shape index (κ1) is 23.1. The Bertz CT molecular complexity index is 1090. The molecule has 1 heterocycles. The number of anilines is 2. The number of hydrogen-bond donors (Lipinski definition) is 2. The molecule has 0 saturated heterocycles. The monoisotopic (exact) mass is 462 g/mol. The number of ether oxygens (including phenoxy) is 1. The summed E-state index contributed by atoms with van der Waals surface area (Å²) in [7, 11) is 0. The molecule has 2 amide bonds. The Balaban J connectivity index is 1.49. The quantitative estimate of drug-likeness (QED) is 0.348. The standard InChI is InChI=1S/C27H30N2O3S/c1-2-3-9-18-32-21-16-14-19(15-17-21)25(30)29-27-24(22-12-7-8-13-23(22)33-27)26(31)28-20-10-5-4-6-11-20/h4-6,10-11,14-17H,2-3,7-9,12-13,18H2,1H3,(H,28,31)(H,29,30). The molecule has 3 aromatic rings. The molecule has 0 spiro atoms. The van der Waals surface area contributed by atoms with Crippen LogP contribution in [0.2, 0.25) is 0 Å². The predicted octanol–water partition coefficient (Wildman–Crippen LogP) is 6.70. The number of thiophene rings is 1. The summed E-state index contributed by atoms with van der Waals surface area (Å²) in [6.07, 6.45) is 7.30. The van der Waals surface area contributed by atoms with E-state index in [0.717, 1.165) is 61.9 Å². The van der Waals surface area contributed by atoms with Crippen LogP contribution in [-0.4, -0.2) is 18.4 Å². The van der Waals surface area contributed by atoms with Crippen LogP contribution in [0, 0.1) is 0 Å². The van der Waals surface area contributed by atoms with Crippen LogP contribution in [0.3, 0.4) is 0 Å². The third-order valence-electron chi connectivity index (χ3n) is 5.79. The maximum Gasteiger partial charge on any atom is 0.258 e. The van der Waals surface area contributed by atoms with Crippen molar-refractivity contribution in [2.45, 2.75) is 51.9 Å². The second-order valence-corrected chi connectivity index (χ2v) is 9.37. The molecule has 0 saturated carbocycles. The molecule has 0 radical (unpaired) electrons. The number of benzene rings is 2. The molecule has 172 valence electrons. The second-order valence-electron chi connectivity index (χ2n) is 8.27. The third-order valence-corrected chi connectivity index (χ3v) is 7.00. The van der Waals surface area contributed by atoms with E-state index in [9.17, 15) is 9.59 Å². The minimum absolute atomic E-state index is 0.174. The number of fused-ring (bicyclic) bond motifs is 1. The van der Waals surface area contributed by atoms with E-state index in [1.54, 1.807) is 12.1 Å². The van der Waals surface area contributed by atoms with Gasteiger partial charge in [-0.3, -0.25) is 9.59 Å². The third kappa shape index (κ3) is 5.82. The molecule has 2 aromatic carbocycles. The molecule has 0 atom stereocenters. The highest BCUT2D eigenvalue weighted by Gasteiger charge is 2.26. The predicted molar refractivity (Wildman–Crippen MR) is 135 cm³/mol. The fraction of sp³-hybridized carbons (Fsp3) is 0.333. The van der Waals surface area contributed by atoms with Crippen molar-refractivity contribution in [2.24, 2.45) is 0 Å². The topological polar surface area (TPSA) is 67.4 Å². The largest absolute Gasteiger partial charge is 0.494 e. The number of para-hydroxylation sites is 1. The molecule has 6 heteroatoms. The average molecular weight is 463 g/mol. The normalized spacial score (nSPS) is 12.6. The summed E-state index contributed by atoms with van der Waals surface area (Å²) < 4.78 is 5.74. The lowest BCUT2D eigenvalue weighted by molar-refractivity contribution is 0.102. The summed E-state index contributed by atoms with van der Waals surface area (Å²) in [5.74, 6) is 0.365. The highest BCUT2D eigenvalue weighted by atomic mass is 32.1. The summed E-state index contributed by atoms with van der Waals surface area (Å²) in [6, 6.07) is 16.6. The van der Waals surface area contributed by atoms with Crippen LogP contribution in [0.25, 0.3) is 0 Å². The Hall–Kier alpha value is -3.12. The summed E-state index contributed by atoms with van der Waals surface area (Å²) in [6.45, 7) is 2.84. The Kier molecular flexibility index (Phi) is 7.79. The van der Waals surface area contributed by atoms with Gasteiger partial charge in [0.2, 0.25) is 0 Å². The number of carbonyl (C=O) groups is 2. The first-order valence-corrected chi connectivity index (χ1v) is 12.5. The molecular formula is C27H30N2O3S. The Morgan fingerprint density at radius 1 is 0.909 bits per heavy atom. The zero-order valence-corrected chi connectivity index (χ0v) is 19.8. The summed E-state index contributed by atoms with van der Waals surface area (Å²) >= 11 is 1.53. The van der Waals surface area contributed by atoms with Crippen molar-refractivity contribution < 1.29 is 14.3 Å². The number of nitrogens with one attached hydrogen (secondary N) is 2. The lowest BCUT2D eigenvalue weighted by atomic mass is 9.95. The molecule has 0 fully saturated rings. The van der Waals surface area contributed by atoms with E-state index in [2.05, 4.69) is 17.6 Å². The Morgan fingerprint density at radius 3 is 2.42 bits per heavy atom. The van der Waals surface area contributed by atoms with Gasteiger partial charge in [-0.15, -0.1) is 11.3 Å². The van der Waals surface area contributed by atoms with Gasteiger partial charge < -0.3 is 15.4 Å². The fourth-order valence-corrected chi connectivity index (χ4v) is 5.31. The second kappa shape index (κ2) is 11.1. The van der Waals surface area contributed by atoms with E-state index in [1.807, 2.05) is 42.5 Å². The number of rotatable bonds is 9. The summed E-state index contributed by atoms with van der Waals surface area (Å²) in [4.78, 5) is 27.4. The molecule has 0 aliphatic heterocycles. The lowest BCUT2D eigenvalue weighted by Gasteiger charge is -2.13. The van der Waals surface area contributed by atoms with Gasteiger partial charge >= 0.3 is 0 Å². The van der Waals surface area contributed by atoms with Crippen molar-refractivity contribution in [3.63, 3.8) is 0 Å². The molecule has 2 N–H and O–H groups in total. The van der Waals surface area contributed by atoms with Gasteiger partial charge in [0, 0.05) is 16.1 Å². The molecule has 1 aliphatic rings. The number of amides is 2. The van der Waals surface area contributed by atoms with Gasteiger partial charge in [0.05, 0.1) is 12.2 Å². The van der Waals surface area contributed by atoms with Crippen LogP contribution in [0.5, 0.6) is 5.75 Å². The molecular weight excluding hydrogens is 432 g/mol. The van der Waals surface area contributed by atoms with Crippen molar-refractivity contribution in [3.05, 3.63) is 76.2 Å². The van der Waals surface area contributed by atoms with E-state index >= 15 is 0 Å². The minimum atomic E-state index is -0.222. The lowest BCUT2D eigenvalue weighted by Crippen LogP contribution is -2.18. The number of aryl methyl sites for hydroxylation is 1. The van der Waals surface area contributed by atoms with Gasteiger partial charge in [-0.1, -0.05) is 38.0 Å². The van der Waals surface area contributed by atoms with Crippen LogP contribution in [0.15, 0.2) is 54.6 Å². The van der Waals surface area contributed by atoms with Crippen molar-refractivity contribution in [1.29, 1.82) is 0 Å². The highest BCUT2D eigenvalue weighted by molar-refractivity contribution is 7.17. The van der Waals surface area contributed by atoms with Crippen LogP contribution < -0.4 is 15.4 Å². The summed E-state index contributed by atoms with van der Waals surface area (Å²) in [5, 5.41) is 6.62. The average Bonchev–Trinajstić information content (AvgIpc) is 3.20. The first-order chi connectivity index (χ1) is 16.2. The van der Waals surface area contributed by atoms with Crippen molar-refractivity contribution in [1.82, 2.24) is 0 Å². The maximum absolute atomic E-state index is 13.2. The SMILES string of the molecule is CCCCCOc1ccc(C(=O)Nc2sc3c(c2C(=O)Nc2ccccc2)CCCC3)cc1. The molecule has 1 aliphatic carbocycles. The van der Waals surface area contributed by atoms with E-state index in [0.29, 0.717) is 22.7 Å².